The molecule has 0 fully saturated rings. The second-order valence-corrected chi connectivity index (χ2v) is 24.1. The zero-order valence-electron chi connectivity index (χ0n) is 55.4. The molecule has 15 rings (SSSR count). The molecule has 12 aromatic rings. The third kappa shape index (κ3) is 8.41. The van der Waals surface area contributed by atoms with E-state index in [4.69, 9.17) is 17.9 Å². The van der Waals surface area contributed by atoms with Crippen LogP contribution in [0, 0.1) is 32.5 Å². The fourth-order valence-electron chi connectivity index (χ4n) is 13.2. The number of nitrogens with zero attached hydrogens (tertiary/aromatic N) is 4. The van der Waals surface area contributed by atoms with Crippen LogP contribution in [-0.2, 0) is 43.7 Å². The van der Waals surface area contributed by atoms with Crippen LogP contribution >= 0.6 is 0 Å². The van der Waals surface area contributed by atoms with Crippen molar-refractivity contribution in [2.75, 3.05) is 9.80 Å². The number of pyridine rings is 1. The molecule has 3 aliphatic rings. The number of benzene rings is 10. The summed E-state index contributed by atoms with van der Waals surface area (Å²) < 4.78 is 81.1. The molecule has 0 atom stereocenters. The second-order valence-electron chi connectivity index (χ2n) is 24.1. The number of rotatable bonds is 7. The molecule has 0 saturated heterocycles. The predicted octanol–water partition coefficient (Wildman–Crippen LogP) is 19.8. The molecule has 0 N–H and O–H groups in total. The van der Waals surface area contributed by atoms with Crippen LogP contribution in [-0.4, -0.2) is 9.55 Å². The van der Waals surface area contributed by atoms with E-state index in [-0.39, 0.29) is 37.6 Å². The van der Waals surface area contributed by atoms with E-state index >= 15 is 0 Å². The van der Waals surface area contributed by atoms with Crippen molar-refractivity contribution in [1.82, 2.24) is 9.55 Å². The summed E-state index contributed by atoms with van der Waals surface area (Å²) in [6.45, 7) is 9.76. The molecule has 0 saturated carbocycles. The first-order valence-corrected chi connectivity index (χ1v) is 28.3. The van der Waals surface area contributed by atoms with E-state index < -0.39 is 30.9 Å². The van der Waals surface area contributed by atoms with Gasteiger partial charge in [-0.2, -0.15) is 12.1 Å². The number of hydrogen-bond donors (Lipinski definition) is 0. The normalized spacial score (nSPS) is 16.1. The Kier molecular flexibility index (Phi) is 10.6. The summed E-state index contributed by atoms with van der Waals surface area (Å²) in [4.78, 5) is 9.10. The summed E-state index contributed by atoms with van der Waals surface area (Å²) in [6.07, 6.45) is 0.0676. The first kappa shape index (κ1) is 44.8. The van der Waals surface area contributed by atoms with E-state index in [1.807, 2.05) is 97.8 Å². The Morgan fingerprint density at radius 1 is 0.536 bits per heavy atom. The maximum absolute atomic E-state index is 9.77. The molecule has 0 unspecified atom stereocenters. The average Bonchev–Trinajstić information content (AvgIpc) is 1.44. The molecule has 1 aliphatic heterocycles. The number of anilines is 4. The monoisotopic (exact) mass is 1270 g/mol. The number of para-hydroxylation sites is 3. The zero-order chi connectivity index (χ0) is 63.3. The Bertz CT molecular complexity index is 4890. The van der Waals surface area contributed by atoms with Crippen LogP contribution in [0.5, 0.6) is 11.5 Å². The van der Waals surface area contributed by atoms with Crippen molar-refractivity contribution in [2.45, 2.75) is 77.9 Å². The fraction of sp³-hybridized carbons (Fsp3) is 0.154. The zero-order valence-corrected chi connectivity index (χ0v) is 49.6. The van der Waals surface area contributed by atoms with Gasteiger partial charge >= 0.3 is 0 Å². The van der Waals surface area contributed by atoms with Crippen LogP contribution in [0.2, 0.25) is 0 Å². The number of fused-ring (bicyclic) bond motifs is 13. The third-order valence-electron chi connectivity index (χ3n) is 17.0. The predicted molar refractivity (Wildman–Crippen MR) is 342 cm³/mol. The van der Waals surface area contributed by atoms with Crippen LogP contribution < -0.4 is 14.5 Å². The van der Waals surface area contributed by atoms with Crippen molar-refractivity contribution < 1.29 is 36.8 Å². The van der Waals surface area contributed by atoms with Crippen LogP contribution in [0.3, 0.4) is 0 Å². The minimum absolute atomic E-state index is 0. The summed E-state index contributed by atoms with van der Waals surface area (Å²) >= 11 is 0. The van der Waals surface area contributed by atoms with Crippen LogP contribution in [0.15, 0.2) is 219 Å². The fourth-order valence-corrected chi connectivity index (χ4v) is 13.2. The van der Waals surface area contributed by atoms with Crippen molar-refractivity contribution in [1.29, 1.82) is 0 Å². The van der Waals surface area contributed by atoms with Gasteiger partial charge in [-0.05, 0) is 146 Å². The molecule has 0 radical (unpaired) electrons. The average molecular weight is 1280 g/mol. The van der Waals surface area contributed by atoms with E-state index in [9.17, 15) is 2.74 Å². The van der Waals surface area contributed by atoms with Crippen molar-refractivity contribution in [2.24, 2.45) is 0 Å². The third-order valence-corrected chi connectivity index (χ3v) is 17.0. The number of aryl methyl sites for hydroxylation is 2. The maximum atomic E-state index is 9.77. The molecule has 414 valence electrons. The Hall–Kier alpha value is -8.76. The van der Waals surface area contributed by atoms with Gasteiger partial charge in [-0.3, -0.25) is 0 Å². The Morgan fingerprint density at radius 3 is 1.89 bits per heavy atom. The molecule has 0 bridgehead atoms. The summed E-state index contributed by atoms with van der Waals surface area (Å²) in [5.74, 6) is 1.73. The first-order valence-electron chi connectivity index (χ1n) is 32.3. The summed E-state index contributed by atoms with van der Waals surface area (Å²) in [5.41, 5.74) is 14.9. The van der Waals surface area contributed by atoms with Crippen molar-refractivity contribution in [3.05, 3.63) is 293 Å². The minimum Gasteiger partial charge on any atom is -0.509 e. The van der Waals surface area contributed by atoms with Crippen LogP contribution in [0.1, 0.15) is 108 Å². The molecule has 5 nitrogen and oxygen atoms in total. The van der Waals surface area contributed by atoms with Gasteiger partial charge in [0.05, 0.1) is 5.41 Å². The quantitative estimate of drug-likeness (QED) is 0.149. The van der Waals surface area contributed by atoms with Gasteiger partial charge in [0.2, 0.25) is 0 Å². The molecule has 2 aliphatic carbocycles. The summed E-state index contributed by atoms with van der Waals surface area (Å²) in [5, 5.41) is 2.09. The Morgan fingerprint density at radius 2 is 1.15 bits per heavy atom. The van der Waals surface area contributed by atoms with Gasteiger partial charge in [0.1, 0.15) is 5.82 Å². The first-order chi connectivity index (χ1) is 43.4. The van der Waals surface area contributed by atoms with Crippen molar-refractivity contribution in [3.8, 4) is 50.7 Å². The number of ether oxygens (including phenoxy) is 1. The molecule has 10 aromatic carbocycles. The summed E-state index contributed by atoms with van der Waals surface area (Å²) in [6, 6.07) is 77.3. The van der Waals surface area contributed by atoms with Gasteiger partial charge in [0.15, 0.2) is 0 Å². The van der Waals surface area contributed by atoms with E-state index in [2.05, 4.69) is 177 Å². The van der Waals surface area contributed by atoms with E-state index in [1.165, 1.54) is 6.07 Å². The smallest absolute Gasteiger partial charge is 0.135 e. The van der Waals surface area contributed by atoms with Gasteiger partial charge in [0, 0.05) is 83.4 Å². The minimum atomic E-state index is -2.65. The summed E-state index contributed by atoms with van der Waals surface area (Å²) in [7, 11) is 0. The number of hydrogen-bond acceptors (Lipinski definition) is 4. The van der Waals surface area contributed by atoms with Crippen molar-refractivity contribution >= 4 is 44.6 Å². The standard InChI is InChI=1S/C78H63N4O.Pt/c1-49-39-50(2)41-53(40-49)63-43-55(77(6,7)8)44-64(61-27-20-31-68-74(61)62-26-11-15-30-67(62)78(68)65-28-13-9-21-51(65)42-52-22-10-14-29-66(52)78)75(63)81-48-80(70-33-17-18-34-71(70)81)56-23-19-24-57(46-56)83-58-35-36-60-59-25-12-16-32-69(59)82(72(60)47-58)73-45-54(37-38-79-73)76(3,4)5;/h9-41,43-45,48H,42H2,1-8H3;/q-3;/i1D3,2D3,42D2;. The largest absolute Gasteiger partial charge is 0.509 e. The molecule has 1 spiro atoms. The van der Waals surface area contributed by atoms with Gasteiger partial charge in [0.25, 0.3) is 0 Å². The van der Waals surface area contributed by atoms with Gasteiger partial charge in [-0.25, -0.2) is 4.98 Å². The molecule has 3 heterocycles. The van der Waals surface area contributed by atoms with Crippen molar-refractivity contribution in [3.63, 3.8) is 0 Å². The second kappa shape index (κ2) is 20.0. The SMILES string of the molecule is [2H]C([2H])([2H])c1cc(-c2cc(C(C)(C)C)cc(-c3cccc4c3-c3ccccc3C43c4ccccc4C([2H])([2H])c4ccccc43)c2N2[CH-]N(c3[c-]c(Oc4[c-]c5c(cc4)c4ccccc4n5-c4cc(C(C)(C)C)ccn4)ccc3)c3ccccc32)cc(C([2H])([2H])[2H])c1.[Pt]. The topological polar surface area (TPSA) is 33.5 Å². The van der Waals surface area contributed by atoms with E-state index in [1.54, 1.807) is 12.1 Å². The van der Waals surface area contributed by atoms with Gasteiger partial charge in [-0.15, -0.1) is 48.1 Å². The van der Waals surface area contributed by atoms with E-state index in [0.29, 0.717) is 45.1 Å². The molecular formula is C78H63N4OPt-3. The van der Waals surface area contributed by atoms with E-state index in [0.717, 1.165) is 94.6 Å². The number of aromatic nitrogens is 2. The molecule has 0 amide bonds. The van der Waals surface area contributed by atoms with Gasteiger partial charge < -0.3 is 19.1 Å². The van der Waals surface area contributed by atoms with Gasteiger partial charge in [-0.1, -0.05) is 198 Å². The maximum Gasteiger partial charge on any atom is 0.135 e. The van der Waals surface area contributed by atoms with Crippen LogP contribution in [0.4, 0.5) is 22.7 Å². The molecule has 2 aromatic heterocycles. The molecule has 6 heteroatoms. The Balaban J connectivity index is 0.00000735. The molecule has 84 heavy (non-hydrogen) atoms. The molecular weight excluding hydrogens is 1200 g/mol. The Labute approximate surface area is 519 Å². The van der Waals surface area contributed by atoms with Crippen LogP contribution in [0.25, 0.3) is 61.0 Å².